The first kappa shape index (κ1) is 12.3. The molecule has 94 valence electrons. The Hall–Kier alpha value is -2.14. The Morgan fingerprint density at radius 3 is 3.06 bits per heavy atom. The largest absolute Gasteiger partial charge is 0.435 e. The lowest BCUT2D eigenvalue weighted by atomic mass is 10.2. The van der Waals surface area contributed by atoms with E-state index in [1.165, 1.54) is 10.8 Å². The zero-order valence-corrected chi connectivity index (χ0v) is 10.4. The molecule has 0 aliphatic rings. The van der Waals surface area contributed by atoms with E-state index in [1.807, 2.05) is 25.2 Å². The number of hydrogen-bond donors (Lipinski definition) is 1. The molecule has 0 aliphatic carbocycles. The summed E-state index contributed by atoms with van der Waals surface area (Å²) in [5, 5.41) is 3.06. The third kappa shape index (κ3) is 2.75. The fraction of sp³-hybridized carbons (Fsp3) is 0.231. The minimum Gasteiger partial charge on any atom is -0.435 e. The minimum atomic E-state index is -0.253. The highest BCUT2D eigenvalue weighted by atomic mass is 16.5. The zero-order valence-electron chi connectivity index (χ0n) is 10.4. The van der Waals surface area contributed by atoms with Crippen LogP contribution in [0.4, 0.5) is 0 Å². The fourth-order valence-corrected chi connectivity index (χ4v) is 1.58. The Kier molecular flexibility index (Phi) is 3.74. The monoisotopic (exact) mass is 245 g/mol. The highest BCUT2D eigenvalue weighted by molar-refractivity contribution is 5.31. The van der Waals surface area contributed by atoms with Gasteiger partial charge in [0.05, 0.1) is 0 Å². The van der Waals surface area contributed by atoms with E-state index in [0.717, 1.165) is 12.1 Å². The van der Waals surface area contributed by atoms with Crippen LogP contribution in [-0.4, -0.2) is 16.6 Å². The van der Waals surface area contributed by atoms with Gasteiger partial charge in [0.2, 0.25) is 0 Å². The lowest BCUT2D eigenvalue weighted by Gasteiger charge is -2.06. The SMILES string of the molecule is CNCc1cccc(Oc2nccn(C)c2=O)c1. The summed E-state index contributed by atoms with van der Waals surface area (Å²) in [6.45, 7) is 0.747. The van der Waals surface area contributed by atoms with Gasteiger partial charge in [-0.2, -0.15) is 0 Å². The predicted octanol–water partition coefficient (Wildman–Crippen LogP) is 1.29. The van der Waals surface area contributed by atoms with E-state index in [-0.39, 0.29) is 11.4 Å². The molecule has 1 N–H and O–H groups in total. The second-order valence-electron chi connectivity index (χ2n) is 3.93. The van der Waals surface area contributed by atoms with Crippen molar-refractivity contribution < 1.29 is 4.74 Å². The molecule has 0 fully saturated rings. The molecule has 5 nitrogen and oxygen atoms in total. The van der Waals surface area contributed by atoms with E-state index in [4.69, 9.17) is 4.74 Å². The molecule has 18 heavy (non-hydrogen) atoms. The summed E-state index contributed by atoms with van der Waals surface area (Å²) in [6.07, 6.45) is 3.13. The molecule has 0 bridgehead atoms. The van der Waals surface area contributed by atoms with Crippen molar-refractivity contribution in [1.29, 1.82) is 0 Å². The van der Waals surface area contributed by atoms with Crippen LogP contribution in [0.25, 0.3) is 0 Å². The Morgan fingerprint density at radius 1 is 1.44 bits per heavy atom. The molecule has 0 spiro atoms. The maximum Gasteiger partial charge on any atom is 0.313 e. The Balaban J connectivity index is 2.26. The average molecular weight is 245 g/mol. The van der Waals surface area contributed by atoms with Crippen molar-refractivity contribution in [1.82, 2.24) is 14.9 Å². The summed E-state index contributed by atoms with van der Waals surface area (Å²) >= 11 is 0. The van der Waals surface area contributed by atoms with Gasteiger partial charge in [-0.1, -0.05) is 12.1 Å². The van der Waals surface area contributed by atoms with Gasteiger partial charge in [-0.05, 0) is 24.7 Å². The van der Waals surface area contributed by atoms with Gasteiger partial charge in [-0.15, -0.1) is 0 Å². The lowest BCUT2D eigenvalue weighted by Crippen LogP contribution is -2.18. The van der Waals surface area contributed by atoms with Crippen molar-refractivity contribution in [2.24, 2.45) is 7.05 Å². The van der Waals surface area contributed by atoms with Crippen LogP contribution in [0, 0.1) is 0 Å². The van der Waals surface area contributed by atoms with Crippen molar-refractivity contribution in [3.8, 4) is 11.6 Å². The quantitative estimate of drug-likeness (QED) is 0.882. The van der Waals surface area contributed by atoms with Crippen LogP contribution in [0.5, 0.6) is 11.6 Å². The van der Waals surface area contributed by atoms with Crippen molar-refractivity contribution in [2.45, 2.75) is 6.54 Å². The van der Waals surface area contributed by atoms with Gasteiger partial charge in [0.15, 0.2) is 0 Å². The minimum absolute atomic E-state index is 0.0848. The summed E-state index contributed by atoms with van der Waals surface area (Å²) in [4.78, 5) is 15.7. The van der Waals surface area contributed by atoms with Crippen LogP contribution in [0.2, 0.25) is 0 Å². The van der Waals surface area contributed by atoms with Crippen LogP contribution < -0.4 is 15.6 Å². The molecule has 1 aromatic carbocycles. The standard InChI is InChI=1S/C13H15N3O2/c1-14-9-10-4-3-5-11(8-10)18-12-13(17)16(2)7-6-15-12/h3-8,14H,9H2,1-2H3. The van der Waals surface area contributed by atoms with Gasteiger partial charge in [0, 0.05) is 26.0 Å². The zero-order chi connectivity index (χ0) is 13.0. The second-order valence-corrected chi connectivity index (χ2v) is 3.93. The summed E-state index contributed by atoms with van der Waals surface area (Å²) in [6, 6.07) is 7.55. The second kappa shape index (κ2) is 5.46. The van der Waals surface area contributed by atoms with Crippen LogP contribution in [0.1, 0.15) is 5.56 Å². The van der Waals surface area contributed by atoms with Gasteiger partial charge >= 0.3 is 5.56 Å². The smallest absolute Gasteiger partial charge is 0.313 e. The molecule has 2 rings (SSSR count). The third-order valence-electron chi connectivity index (χ3n) is 2.48. The van der Waals surface area contributed by atoms with Gasteiger partial charge in [0.1, 0.15) is 5.75 Å². The number of aromatic nitrogens is 2. The molecule has 0 radical (unpaired) electrons. The van der Waals surface area contributed by atoms with E-state index < -0.39 is 0 Å². The average Bonchev–Trinajstić information content (AvgIpc) is 2.36. The van der Waals surface area contributed by atoms with E-state index in [9.17, 15) is 4.79 Å². The van der Waals surface area contributed by atoms with Gasteiger partial charge in [-0.3, -0.25) is 4.79 Å². The molecular formula is C13H15N3O2. The van der Waals surface area contributed by atoms with Gasteiger partial charge in [-0.25, -0.2) is 4.98 Å². The van der Waals surface area contributed by atoms with E-state index in [2.05, 4.69) is 10.3 Å². The maximum atomic E-state index is 11.7. The molecule has 0 amide bonds. The third-order valence-corrected chi connectivity index (χ3v) is 2.48. The Morgan fingerprint density at radius 2 is 2.28 bits per heavy atom. The summed E-state index contributed by atoms with van der Waals surface area (Å²) in [5.41, 5.74) is 0.833. The molecule has 1 aromatic heterocycles. The van der Waals surface area contributed by atoms with Crippen molar-refractivity contribution in [3.63, 3.8) is 0 Å². The van der Waals surface area contributed by atoms with Crippen molar-refractivity contribution >= 4 is 0 Å². The first-order chi connectivity index (χ1) is 8.70. The van der Waals surface area contributed by atoms with Gasteiger partial charge in [0.25, 0.3) is 5.88 Å². The van der Waals surface area contributed by atoms with Crippen molar-refractivity contribution in [3.05, 3.63) is 52.6 Å². The van der Waals surface area contributed by atoms with Crippen LogP contribution in [0.15, 0.2) is 41.5 Å². The highest BCUT2D eigenvalue weighted by Crippen LogP contribution is 2.17. The summed E-state index contributed by atoms with van der Waals surface area (Å²) < 4.78 is 6.94. The highest BCUT2D eigenvalue weighted by Gasteiger charge is 2.05. The number of nitrogens with one attached hydrogen (secondary N) is 1. The van der Waals surface area contributed by atoms with Gasteiger partial charge < -0.3 is 14.6 Å². The van der Waals surface area contributed by atoms with E-state index in [0.29, 0.717) is 5.75 Å². The van der Waals surface area contributed by atoms with Crippen LogP contribution in [0.3, 0.4) is 0 Å². The Labute approximate surface area is 105 Å². The molecule has 0 saturated carbocycles. The number of nitrogens with zero attached hydrogens (tertiary/aromatic N) is 2. The van der Waals surface area contributed by atoms with E-state index >= 15 is 0 Å². The first-order valence-electron chi connectivity index (χ1n) is 5.64. The van der Waals surface area contributed by atoms with Crippen LogP contribution >= 0.6 is 0 Å². The Bertz CT molecular complexity index is 593. The lowest BCUT2D eigenvalue weighted by molar-refractivity contribution is 0.448. The molecular weight excluding hydrogens is 230 g/mol. The first-order valence-corrected chi connectivity index (χ1v) is 5.64. The van der Waals surface area contributed by atoms with E-state index in [1.54, 1.807) is 19.3 Å². The number of aryl methyl sites for hydroxylation is 1. The fourth-order valence-electron chi connectivity index (χ4n) is 1.58. The number of ether oxygens (including phenoxy) is 1. The molecule has 2 aromatic rings. The molecule has 0 aliphatic heterocycles. The predicted molar refractivity (Wildman–Crippen MR) is 68.8 cm³/mol. The molecule has 0 saturated heterocycles. The number of benzene rings is 1. The maximum absolute atomic E-state index is 11.7. The number of hydrogen-bond acceptors (Lipinski definition) is 4. The normalized spacial score (nSPS) is 10.3. The number of rotatable bonds is 4. The summed E-state index contributed by atoms with van der Waals surface area (Å²) in [5.74, 6) is 0.695. The topological polar surface area (TPSA) is 56.1 Å². The molecule has 0 atom stereocenters. The van der Waals surface area contributed by atoms with Crippen molar-refractivity contribution in [2.75, 3.05) is 7.05 Å². The molecule has 0 unspecified atom stereocenters. The van der Waals surface area contributed by atoms with Crippen LogP contribution in [-0.2, 0) is 13.6 Å². The molecule has 1 heterocycles. The summed E-state index contributed by atoms with van der Waals surface area (Å²) in [7, 11) is 3.54. The molecule has 5 heteroatoms.